The topological polar surface area (TPSA) is 57.6 Å². The maximum absolute atomic E-state index is 11.7. The van der Waals surface area contributed by atoms with E-state index in [1.165, 1.54) is 0 Å². The summed E-state index contributed by atoms with van der Waals surface area (Å²) in [6.45, 7) is 5.00. The second-order valence-corrected chi connectivity index (χ2v) is 4.85. The van der Waals surface area contributed by atoms with Gasteiger partial charge in [0.15, 0.2) is 0 Å². The minimum atomic E-state index is -0.742. The zero-order valence-corrected chi connectivity index (χ0v) is 10.2. The van der Waals surface area contributed by atoms with E-state index in [4.69, 9.17) is 5.11 Å². The molecule has 1 fully saturated rings. The van der Waals surface area contributed by atoms with Gasteiger partial charge in [-0.3, -0.25) is 9.59 Å². The lowest BCUT2D eigenvalue weighted by Crippen LogP contribution is -2.45. The van der Waals surface area contributed by atoms with Crippen LogP contribution in [0.2, 0.25) is 0 Å². The Morgan fingerprint density at radius 2 is 1.88 bits per heavy atom. The first-order valence-corrected chi connectivity index (χ1v) is 6.01. The highest BCUT2D eigenvalue weighted by Gasteiger charge is 2.37. The largest absolute Gasteiger partial charge is 0.481 e. The summed E-state index contributed by atoms with van der Waals surface area (Å²) >= 11 is 0. The van der Waals surface area contributed by atoms with E-state index in [-0.39, 0.29) is 5.91 Å². The van der Waals surface area contributed by atoms with Gasteiger partial charge in [0.05, 0.1) is 5.41 Å². The van der Waals surface area contributed by atoms with Gasteiger partial charge in [0.2, 0.25) is 5.91 Å². The number of carbonyl (C=O) groups is 2. The van der Waals surface area contributed by atoms with E-state index in [0.717, 1.165) is 12.8 Å². The van der Waals surface area contributed by atoms with Gasteiger partial charge in [0, 0.05) is 19.5 Å². The molecule has 0 atom stereocenters. The molecule has 4 nitrogen and oxygen atoms in total. The van der Waals surface area contributed by atoms with E-state index < -0.39 is 11.4 Å². The SMILES string of the molecule is CCCCC(=O)N1CCC(C)(C(=O)O)CC1. The fraction of sp³-hybridized carbons (Fsp3) is 0.833. The van der Waals surface area contributed by atoms with Crippen LogP contribution in [-0.4, -0.2) is 35.0 Å². The van der Waals surface area contributed by atoms with Crippen molar-refractivity contribution >= 4 is 11.9 Å². The smallest absolute Gasteiger partial charge is 0.309 e. The zero-order valence-electron chi connectivity index (χ0n) is 10.2. The number of carbonyl (C=O) groups excluding carboxylic acids is 1. The van der Waals surface area contributed by atoms with Crippen molar-refractivity contribution in [1.29, 1.82) is 0 Å². The standard InChI is InChI=1S/C12H21NO3/c1-3-4-5-10(14)13-8-6-12(2,7-9-13)11(15)16/h3-9H2,1-2H3,(H,15,16). The first-order chi connectivity index (χ1) is 7.49. The average molecular weight is 227 g/mol. The van der Waals surface area contributed by atoms with Gasteiger partial charge >= 0.3 is 5.97 Å². The highest BCUT2D eigenvalue weighted by molar-refractivity contribution is 5.78. The molecule has 0 aromatic rings. The van der Waals surface area contributed by atoms with Gasteiger partial charge in [-0.2, -0.15) is 0 Å². The summed E-state index contributed by atoms with van der Waals surface area (Å²) in [6, 6.07) is 0. The molecule has 0 aromatic heterocycles. The van der Waals surface area contributed by atoms with Crippen molar-refractivity contribution in [3.63, 3.8) is 0 Å². The van der Waals surface area contributed by atoms with Gasteiger partial charge in [0.1, 0.15) is 0 Å². The number of amides is 1. The number of rotatable bonds is 4. The van der Waals surface area contributed by atoms with E-state index in [1.54, 1.807) is 11.8 Å². The molecular weight excluding hydrogens is 206 g/mol. The van der Waals surface area contributed by atoms with Crippen LogP contribution in [0.5, 0.6) is 0 Å². The first-order valence-electron chi connectivity index (χ1n) is 6.01. The van der Waals surface area contributed by atoms with Gasteiger partial charge in [-0.1, -0.05) is 13.3 Å². The Kier molecular flexibility index (Phi) is 4.33. The van der Waals surface area contributed by atoms with Gasteiger partial charge in [-0.05, 0) is 26.2 Å². The van der Waals surface area contributed by atoms with Crippen LogP contribution in [0.25, 0.3) is 0 Å². The third kappa shape index (κ3) is 2.97. The number of carboxylic acids is 1. The van der Waals surface area contributed by atoms with Crippen LogP contribution in [-0.2, 0) is 9.59 Å². The molecule has 1 aliphatic rings. The lowest BCUT2D eigenvalue weighted by Gasteiger charge is -2.36. The monoisotopic (exact) mass is 227 g/mol. The fourth-order valence-corrected chi connectivity index (χ4v) is 1.95. The molecule has 16 heavy (non-hydrogen) atoms. The van der Waals surface area contributed by atoms with Gasteiger partial charge in [-0.15, -0.1) is 0 Å². The quantitative estimate of drug-likeness (QED) is 0.798. The molecule has 0 aromatic carbocycles. The molecule has 0 aliphatic carbocycles. The first kappa shape index (κ1) is 13.0. The average Bonchev–Trinajstić information content (AvgIpc) is 2.26. The second-order valence-electron chi connectivity index (χ2n) is 4.85. The van der Waals surface area contributed by atoms with Crippen LogP contribution in [0.1, 0.15) is 46.0 Å². The number of carboxylic acid groups (broad SMARTS) is 1. The van der Waals surface area contributed by atoms with Crippen LogP contribution in [0, 0.1) is 5.41 Å². The van der Waals surface area contributed by atoms with Crippen LogP contribution in [0.4, 0.5) is 0 Å². The molecular formula is C12H21NO3. The molecule has 1 N–H and O–H groups in total. The van der Waals surface area contributed by atoms with E-state index in [9.17, 15) is 9.59 Å². The Balaban J connectivity index is 2.42. The fourth-order valence-electron chi connectivity index (χ4n) is 1.95. The summed E-state index contributed by atoms with van der Waals surface area (Å²) in [5.74, 6) is -0.567. The van der Waals surface area contributed by atoms with E-state index >= 15 is 0 Å². The van der Waals surface area contributed by atoms with Crippen molar-refractivity contribution in [2.24, 2.45) is 5.41 Å². The second kappa shape index (κ2) is 5.32. The van der Waals surface area contributed by atoms with Crippen LogP contribution < -0.4 is 0 Å². The number of piperidine rings is 1. The van der Waals surface area contributed by atoms with Crippen molar-refractivity contribution in [3.05, 3.63) is 0 Å². The summed E-state index contributed by atoms with van der Waals surface area (Å²) in [5.41, 5.74) is -0.637. The molecule has 0 spiro atoms. The van der Waals surface area contributed by atoms with Crippen molar-refractivity contribution in [3.8, 4) is 0 Å². The van der Waals surface area contributed by atoms with Crippen molar-refractivity contribution in [2.75, 3.05) is 13.1 Å². The minimum absolute atomic E-state index is 0.175. The predicted octanol–water partition coefficient (Wildman–Crippen LogP) is 1.89. The van der Waals surface area contributed by atoms with Crippen molar-refractivity contribution < 1.29 is 14.7 Å². The van der Waals surface area contributed by atoms with Crippen LogP contribution in [0.15, 0.2) is 0 Å². The molecule has 0 radical (unpaired) electrons. The molecule has 92 valence electrons. The van der Waals surface area contributed by atoms with Crippen molar-refractivity contribution in [1.82, 2.24) is 4.90 Å². The van der Waals surface area contributed by atoms with E-state index in [0.29, 0.717) is 32.4 Å². The summed E-state index contributed by atoms with van der Waals surface area (Å²) in [7, 11) is 0. The molecule has 4 heteroatoms. The molecule has 0 unspecified atom stereocenters. The molecule has 0 saturated carbocycles. The number of aliphatic carboxylic acids is 1. The summed E-state index contributed by atoms with van der Waals surface area (Å²) < 4.78 is 0. The molecule has 1 aliphatic heterocycles. The Bertz CT molecular complexity index is 267. The minimum Gasteiger partial charge on any atom is -0.481 e. The lowest BCUT2D eigenvalue weighted by molar-refractivity contribution is -0.153. The third-order valence-corrected chi connectivity index (χ3v) is 3.48. The summed E-state index contributed by atoms with van der Waals surface area (Å²) in [4.78, 5) is 24.5. The maximum atomic E-state index is 11.7. The predicted molar refractivity (Wildman–Crippen MR) is 61.1 cm³/mol. The normalized spacial score (nSPS) is 19.5. The third-order valence-electron chi connectivity index (χ3n) is 3.48. The lowest BCUT2D eigenvalue weighted by atomic mass is 9.80. The molecule has 1 amide bonds. The van der Waals surface area contributed by atoms with Crippen LogP contribution >= 0.6 is 0 Å². The van der Waals surface area contributed by atoms with E-state index in [2.05, 4.69) is 6.92 Å². The molecule has 1 saturated heterocycles. The molecule has 0 bridgehead atoms. The van der Waals surface area contributed by atoms with Gasteiger partial charge < -0.3 is 10.0 Å². The van der Waals surface area contributed by atoms with E-state index in [1.807, 2.05) is 0 Å². The summed E-state index contributed by atoms with van der Waals surface area (Å²) in [5, 5.41) is 9.06. The highest BCUT2D eigenvalue weighted by atomic mass is 16.4. The van der Waals surface area contributed by atoms with Gasteiger partial charge in [-0.25, -0.2) is 0 Å². The van der Waals surface area contributed by atoms with Crippen molar-refractivity contribution in [2.45, 2.75) is 46.0 Å². The Hall–Kier alpha value is -1.06. The maximum Gasteiger partial charge on any atom is 0.309 e. The van der Waals surface area contributed by atoms with Crippen LogP contribution in [0.3, 0.4) is 0 Å². The zero-order chi connectivity index (χ0) is 12.2. The van der Waals surface area contributed by atoms with Gasteiger partial charge in [0.25, 0.3) is 0 Å². The number of likely N-dealkylation sites (tertiary alicyclic amines) is 1. The summed E-state index contributed by atoms with van der Waals surface area (Å²) in [6.07, 6.45) is 3.68. The number of hydrogen-bond acceptors (Lipinski definition) is 2. The molecule has 1 rings (SSSR count). The highest BCUT2D eigenvalue weighted by Crippen LogP contribution is 2.31. The Labute approximate surface area is 96.6 Å². The Morgan fingerprint density at radius 3 is 2.31 bits per heavy atom. The number of nitrogens with zero attached hydrogens (tertiary/aromatic N) is 1. The number of hydrogen-bond donors (Lipinski definition) is 1. The number of unbranched alkanes of at least 4 members (excludes halogenated alkanes) is 1. The Morgan fingerprint density at radius 1 is 1.31 bits per heavy atom. The molecule has 1 heterocycles.